The molecule has 9 aromatic rings. The van der Waals surface area contributed by atoms with Gasteiger partial charge in [0.1, 0.15) is 0 Å². The van der Waals surface area contributed by atoms with Crippen molar-refractivity contribution >= 4 is 21.8 Å². The van der Waals surface area contributed by atoms with Crippen LogP contribution in [0.25, 0.3) is 66.6 Å². The zero-order valence-electron chi connectivity index (χ0n) is 29.2. The molecular formula is C51H31N3. The maximum absolute atomic E-state index is 5.15. The smallest absolute Gasteiger partial charge is 0.0716 e. The van der Waals surface area contributed by atoms with Gasteiger partial charge >= 0.3 is 0 Å². The normalized spacial score (nSPS) is 10.7. The monoisotopic (exact) mass is 685 g/mol. The van der Waals surface area contributed by atoms with Gasteiger partial charge in [-0.05, 0) is 95.1 Å². The molecule has 3 heterocycles. The molecule has 0 unspecified atom stereocenters. The first-order valence-corrected chi connectivity index (χ1v) is 17.8. The second-order valence-corrected chi connectivity index (χ2v) is 13.0. The van der Waals surface area contributed by atoms with E-state index in [4.69, 9.17) is 9.97 Å². The number of hydrogen-bond acceptors (Lipinski definition) is 3. The van der Waals surface area contributed by atoms with Crippen molar-refractivity contribution in [3.8, 4) is 68.5 Å². The van der Waals surface area contributed by atoms with E-state index in [9.17, 15) is 0 Å². The van der Waals surface area contributed by atoms with Crippen LogP contribution in [0.2, 0.25) is 0 Å². The van der Waals surface area contributed by atoms with Gasteiger partial charge < -0.3 is 0 Å². The minimum absolute atomic E-state index is 0.907. The van der Waals surface area contributed by atoms with E-state index in [1.165, 1.54) is 0 Å². The molecule has 0 saturated heterocycles. The van der Waals surface area contributed by atoms with Gasteiger partial charge in [0.2, 0.25) is 0 Å². The maximum atomic E-state index is 5.15. The van der Waals surface area contributed by atoms with Crippen LogP contribution >= 0.6 is 0 Å². The van der Waals surface area contributed by atoms with Gasteiger partial charge in [0.25, 0.3) is 0 Å². The topological polar surface area (TPSA) is 38.7 Å². The largest absolute Gasteiger partial charge is 0.265 e. The molecule has 9 rings (SSSR count). The van der Waals surface area contributed by atoms with E-state index in [2.05, 4.69) is 144 Å². The summed E-state index contributed by atoms with van der Waals surface area (Å²) in [5.74, 6) is 13.2. The Labute approximate surface area is 314 Å². The van der Waals surface area contributed by atoms with Gasteiger partial charge in [-0.1, -0.05) is 127 Å². The summed E-state index contributed by atoms with van der Waals surface area (Å²) < 4.78 is 0. The Morgan fingerprint density at radius 2 is 0.722 bits per heavy atom. The molecule has 54 heavy (non-hydrogen) atoms. The van der Waals surface area contributed by atoms with E-state index in [0.717, 1.165) is 88.8 Å². The molecular weight excluding hydrogens is 655 g/mol. The van der Waals surface area contributed by atoms with Gasteiger partial charge in [-0.25, -0.2) is 9.97 Å². The van der Waals surface area contributed by atoms with Gasteiger partial charge in [-0.3, -0.25) is 4.98 Å². The summed E-state index contributed by atoms with van der Waals surface area (Å²) in [6.07, 6.45) is 3.52. The fraction of sp³-hybridized carbons (Fsp3) is 0. The molecule has 3 nitrogen and oxygen atoms in total. The van der Waals surface area contributed by atoms with E-state index in [1.54, 1.807) is 12.4 Å². The summed E-state index contributed by atoms with van der Waals surface area (Å²) in [6, 6.07) is 60.4. The van der Waals surface area contributed by atoms with Crippen molar-refractivity contribution in [1.82, 2.24) is 15.0 Å². The number of benzene rings is 6. The highest BCUT2D eigenvalue weighted by molar-refractivity contribution is 5.99. The molecule has 0 N–H and O–H groups in total. The van der Waals surface area contributed by atoms with Crippen LogP contribution < -0.4 is 0 Å². The van der Waals surface area contributed by atoms with Crippen LogP contribution in [0.1, 0.15) is 22.3 Å². The quantitative estimate of drug-likeness (QED) is 0.173. The molecule has 3 heteroatoms. The molecule has 0 atom stereocenters. The summed E-state index contributed by atoms with van der Waals surface area (Å²) in [5.41, 5.74) is 14.0. The Morgan fingerprint density at radius 3 is 1.19 bits per heavy atom. The summed E-state index contributed by atoms with van der Waals surface area (Å²) in [4.78, 5) is 14.4. The summed E-state index contributed by atoms with van der Waals surface area (Å²) in [5, 5.41) is 2.13. The zero-order chi connectivity index (χ0) is 36.1. The Kier molecular flexibility index (Phi) is 8.72. The van der Waals surface area contributed by atoms with Crippen molar-refractivity contribution in [3.05, 3.63) is 211 Å². The summed E-state index contributed by atoms with van der Waals surface area (Å²) in [7, 11) is 0. The summed E-state index contributed by atoms with van der Waals surface area (Å²) >= 11 is 0. The van der Waals surface area contributed by atoms with Crippen LogP contribution in [0.4, 0.5) is 0 Å². The van der Waals surface area contributed by atoms with Gasteiger partial charge in [-0.2, -0.15) is 0 Å². The molecule has 0 bridgehead atoms. The summed E-state index contributed by atoms with van der Waals surface area (Å²) in [6.45, 7) is 0. The van der Waals surface area contributed by atoms with Crippen molar-refractivity contribution in [2.45, 2.75) is 0 Å². The zero-order valence-corrected chi connectivity index (χ0v) is 29.2. The van der Waals surface area contributed by atoms with Crippen LogP contribution in [0.3, 0.4) is 0 Å². The lowest BCUT2D eigenvalue weighted by molar-refractivity contribution is 1.32. The number of hydrogen-bond donors (Lipinski definition) is 0. The fourth-order valence-electron chi connectivity index (χ4n) is 6.67. The van der Waals surface area contributed by atoms with Crippen molar-refractivity contribution in [1.29, 1.82) is 0 Å². The Hall–Kier alpha value is -7.59. The number of pyridine rings is 3. The average Bonchev–Trinajstić information content (AvgIpc) is 3.25. The first kappa shape index (κ1) is 32.3. The third-order valence-electron chi connectivity index (χ3n) is 9.42. The van der Waals surface area contributed by atoms with Crippen LogP contribution in [-0.4, -0.2) is 15.0 Å². The highest BCUT2D eigenvalue weighted by Crippen LogP contribution is 2.35. The molecule has 0 aliphatic carbocycles. The molecule has 250 valence electrons. The Bertz CT molecular complexity index is 2690. The second kappa shape index (κ2) is 14.6. The predicted molar refractivity (Wildman–Crippen MR) is 221 cm³/mol. The fourth-order valence-corrected chi connectivity index (χ4v) is 6.67. The van der Waals surface area contributed by atoms with E-state index in [-0.39, 0.29) is 0 Å². The number of fused-ring (bicyclic) bond motifs is 2. The molecule has 3 aromatic heterocycles. The van der Waals surface area contributed by atoms with E-state index in [1.807, 2.05) is 60.7 Å². The molecule has 0 fully saturated rings. The third kappa shape index (κ3) is 6.87. The lowest BCUT2D eigenvalue weighted by Gasteiger charge is -2.13. The van der Waals surface area contributed by atoms with Gasteiger partial charge in [-0.15, -0.1) is 0 Å². The third-order valence-corrected chi connectivity index (χ3v) is 9.42. The molecule has 6 aromatic carbocycles. The maximum Gasteiger partial charge on any atom is 0.0716 e. The highest BCUT2D eigenvalue weighted by Gasteiger charge is 2.13. The van der Waals surface area contributed by atoms with Crippen LogP contribution in [0, 0.1) is 23.7 Å². The first-order valence-electron chi connectivity index (χ1n) is 17.8. The van der Waals surface area contributed by atoms with Gasteiger partial charge in [0.05, 0.1) is 22.4 Å². The second-order valence-electron chi connectivity index (χ2n) is 13.0. The number of nitrogens with zero attached hydrogens (tertiary/aromatic N) is 3. The number of rotatable bonds is 4. The standard InChI is InChI=1S/C51H31N3/c1-4-10-36(11-5-1)16-18-38-20-26-48-46(32-38)44(40-12-6-2-7-13-40)34-50(53-48)42-22-24-43(25-23-42)51-35-45(41-14-8-3-9-15-41)47-33-39(21-27-49(47)54-51)19-17-37-28-30-52-31-29-37/h1-15,20-35H. The first-order chi connectivity index (χ1) is 26.7. The van der Waals surface area contributed by atoms with Gasteiger partial charge in [0.15, 0.2) is 0 Å². The van der Waals surface area contributed by atoms with E-state index in [0.29, 0.717) is 0 Å². The molecule has 0 aliphatic rings. The van der Waals surface area contributed by atoms with E-state index < -0.39 is 0 Å². The molecule has 0 amide bonds. The van der Waals surface area contributed by atoms with Crippen molar-refractivity contribution in [2.75, 3.05) is 0 Å². The Morgan fingerprint density at radius 1 is 0.315 bits per heavy atom. The minimum atomic E-state index is 0.907. The SMILES string of the molecule is C(#Cc1ccc2nc(-c3ccc(-c4cc(-c5ccccc5)c5cc(C#Cc6ccncc6)ccc5n4)cc3)cc(-c3ccccc3)c2c1)c1ccccc1. The predicted octanol–water partition coefficient (Wildman–Crippen LogP) is 11.6. The lowest BCUT2D eigenvalue weighted by atomic mass is 9.95. The van der Waals surface area contributed by atoms with E-state index >= 15 is 0 Å². The van der Waals surface area contributed by atoms with Crippen molar-refractivity contribution in [2.24, 2.45) is 0 Å². The molecule has 0 spiro atoms. The van der Waals surface area contributed by atoms with Crippen LogP contribution in [0.15, 0.2) is 188 Å². The van der Waals surface area contributed by atoms with Gasteiger partial charge in [0, 0.05) is 56.5 Å². The van der Waals surface area contributed by atoms with Crippen LogP contribution in [-0.2, 0) is 0 Å². The molecule has 0 aliphatic heterocycles. The highest BCUT2D eigenvalue weighted by atomic mass is 14.7. The molecule has 0 radical (unpaired) electrons. The number of aromatic nitrogens is 3. The minimum Gasteiger partial charge on any atom is -0.265 e. The van der Waals surface area contributed by atoms with Crippen LogP contribution in [0.5, 0.6) is 0 Å². The van der Waals surface area contributed by atoms with Crippen molar-refractivity contribution in [3.63, 3.8) is 0 Å². The lowest BCUT2D eigenvalue weighted by Crippen LogP contribution is -1.92. The average molecular weight is 686 g/mol. The van der Waals surface area contributed by atoms with Crippen molar-refractivity contribution < 1.29 is 0 Å². The Balaban J connectivity index is 1.09. The molecule has 0 saturated carbocycles.